The number of halogens is 1. The van der Waals surface area contributed by atoms with E-state index in [0.29, 0.717) is 19.5 Å². The Hall–Kier alpha value is -5.36. The minimum absolute atomic E-state index is 0.0705. The highest BCUT2D eigenvalue weighted by atomic mass is 19.1. The zero-order valence-corrected chi connectivity index (χ0v) is 26.5. The lowest BCUT2D eigenvalue weighted by Gasteiger charge is -2.36. The second kappa shape index (κ2) is 12.7. The number of carbonyl (C=O) groups excluding carboxylic acids is 2. The average Bonchev–Trinajstić information content (AvgIpc) is 3.77. The molecule has 6 heterocycles. The zero-order valence-electron chi connectivity index (χ0n) is 26.5. The molecule has 244 valence electrons. The van der Waals surface area contributed by atoms with Crippen molar-refractivity contribution in [3.8, 4) is 11.4 Å². The molecule has 1 atom stereocenters. The maximum atomic E-state index is 14.1. The van der Waals surface area contributed by atoms with Gasteiger partial charge in [-0.3, -0.25) is 19.9 Å². The van der Waals surface area contributed by atoms with Gasteiger partial charge in [0, 0.05) is 57.9 Å². The van der Waals surface area contributed by atoms with Crippen LogP contribution in [0.1, 0.15) is 36.4 Å². The number of para-hydroxylation sites is 1. The Morgan fingerprint density at radius 1 is 0.854 bits per heavy atom. The SMILES string of the molecule is O=C1CCN(c2ccccc2CN2CCN(c3cccc(-c4cnc5ccc(N6CCC[C@@H]6c6cccc(F)c6)nn45)n3)CC2)C(=O)N1. The molecular formula is C36H36FN9O2. The van der Waals surface area contributed by atoms with E-state index < -0.39 is 0 Å². The van der Waals surface area contributed by atoms with Crippen molar-refractivity contribution in [3.05, 3.63) is 102 Å². The van der Waals surface area contributed by atoms with Gasteiger partial charge in [0.1, 0.15) is 23.1 Å². The second-order valence-electron chi connectivity index (χ2n) is 12.5. The van der Waals surface area contributed by atoms with Crippen molar-refractivity contribution < 1.29 is 14.0 Å². The first-order valence-corrected chi connectivity index (χ1v) is 16.5. The van der Waals surface area contributed by atoms with E-state index in [1.165, 1.54) is 6.07 Å². The number of hydrogen-bond acceptors (Lipinski definition) is 8. The Kier molecular flexibility index (Phi) is 7.93. The highest BCUT2D eigenvalue weighted by molar-refractivity contribution is 6.05. The van der Waals surface area contributed by atoms with Crippen LogP contribution in [0, 0.1) is 5.82 Å². The van der Waals surface area contributed by atoms with Gasteiger partial charge in [-0.05, 0) is 66.4 Å². The third-order valence-electron chi connectivity index (χ3n) is 9.55. The smallest absolute Gasteiger partial charge is 0.328 e. The number of benzene rings is 2. The van der Waals surface area contributed by atoms with Crippen molar-refractivity contribution in [1.29, 1.82) is 0 Å². The number of imidazole rings is 1. The molecule has 0 aliphatic carbocycles. The number of rotatable bonds is 7. The van der Waals surface area contributed by atoms with E-state index in [0.717, 1.165) is 91.1 Å². The Morgan fingerprint density at radius 2 is 1.71 bits per heavy atom. The summed E-state index contributed by atoms with van der Waals surface area (Å²) in [6, 6.07) is 24.5. The number of imide groups is 1. The summed E-state index contributed by atoms with van der Waals surface area (Å²) < 4.78 is 15.9. The molecule has 11 nitrogen and oxygen atoms in total. The molecule has 0 spiro atoms. The van der Waals surface area contributed by atoms with Crippen LogP contribution in [0.5, 0.6) is 0 Å². The van der Waals surface area contributed by atoms with Gasteiger partial charge in [0.25, 0.3) is 0 Å². The number of urea groups is 1. The fourth-order valence-electron chi connectivity index (χ4n) is 7.11. The Bertz CT molecular complexity index is 1990. The molecule has 1 N–H and O–H groups in total. The lowest BCUT2D eigenvalue weighted by atomic mass is 10.0. The van der Waals surface area contributed by atoms with Crippen LogP contribution in [0.4, 0.5) is 26.5 Å². The number of piperazine rings is 1. The number of hydrogen-bond donors (Lipinski definition) is 1. The molecule has 3 saturated heterocycles. The average molecular weight is 646 g/mol. The third kappa shape index (κ3) is 5.83. The monoisotopic (exact) mass is 645 g/mol. The molecule has 12 heteroatoms. The molecule has 3 amide bonds. The molecule has 3 aromatic heterocycles. The van der Waals surface area contributed by atoms with Gasteiger partial charge in [-0.25, -0.2) is 23.7 Å². The molecule has 0 unspecified atom stereocenters. The standard InChI is InChI=1S/C36H36FN9O2/c37-27-8-3-7-25(22-27)29-11-5-16-44(29)34-14-13-32-38-23-31(46(32)41-34)28-9-4-12-33(39-28)43-20-18-42(19-21-43)24-26-6-1-2-10-30(26)45-17-15-35(47)40-36(45)48/h1-4,6-10,12-14,22-23,29H,5,11,15-21,24H2,(H,40,47,48)/t29-/m1/s1. The minimum Gasteiger partial charge on any atom is -0.354 e. The molecule has 3 aliphatic heterocycles. The molecule has 0 saturated carbocycles. The summed E-state index contributed by atoms with van der Waals surface area (Å²) in [4.78, 5) is 42.5. The quantitative estimate of drug-likeness (QED) is 0.263. The van der Waals surface area contributed by atoms with E-state index in [-0.39, 0.29) is 23.8 Å². The summed E-state index contributed by atoms with van der Waals surface area (Å²) in [5.74, 6) is 1.28. The number of fused-ring (bicyclic) bond motifs is 1. The molecule has 8 rings (SSSR count). The normalized spacial score (nSPS) is 18.9. The predicted octanol–water partition coefficient (Wildman–Crippen LogP) is 5.04. The van der Waals surface area contributed by atoms with Gasteiger partial charge in [-0.1, -0.05) is 36.4 Å². The first-order chi connectivity index (χ1) is 23.5. The van der Waals surface area contributed by atoms with Crippen LogP contribution < -0.4 is 20.0 Å². The van der Waals surface area contributed by atoms with E-state index in [9.17, 15) is 14.0 Å². The van der Waals surface area contributed by atoms with E-state index in [2.05, 4.69) is 31.1 Å². The maximum Gasteiger partial charge on any atom is 0.328 e. The largest absolute Gasteiger partial charge is 0.354 e. The minimum atomic E-state index is -0.365. The van der Waals surface area contributed by atoms with Crippen molar-refractivity contribution >= 4 is 34.9 Å². The van der Waals surface area contributed by atoms with E-state index in [1.807, 2.05) is 65.3 Å². The maximum absolute atomic E-state index is 14.1. The molecule has 5 aromatic rings. The number of amides is 3. The number of nitrogens with zero attached hydrogens (tertiary/aromatic N) is 8. The molecule has 2 aromatic carbocycles. The predicted molar refractivity (Wildman–Crippen MR) is 181 cm³/mol. The van der Waals surface area contributed by atoms with Gasteiger partial charge in [-0.2, -0.15) is 0 Å². The van der Waals surface area contributed by atoms with Gasteiger partial charge in [0.05, 0.1) is 17.9 Å². The Labute approximate surface area is 277 Å². The van der Waals surface area contributed by atoms with Crippen LogP contribution in [-0.4, -0.2) is 75.7 Å². The molecular weight excluding hydrogens is 609 g/mol. The van der Waals surface area contributed by atoms with Gasteiger partial charge in [0.2, 0.25) is 5.91 Å². The van der Waals surface area contributed by atoms with Crippen molar-refractivity contribution in [2.45, 2.75) is 31.8 Å². The highest BCUT2D eigenvalue weighted by Gasteiger charge is 2.29. The fourth-order valence-corrected chi connectivity index (χ4v) is 7.11. The third-order valence-corrected chi connectivity index (χ3v) is 9.55. The van der Waals surface area contributed by atoms with Crippen molar-refractivity contribution in [2.75, 3.05) is 54.0 Å². The molecule has 3 aliphatic rings. The number of nitrogens with one attached hydrogen (secondary N) is 1. The van der Waals surface area contributed by atoms with Crippen molar-refractivity contribution in [3.63, 3.8) is 0 Å². The molecule has 0 bridgehead atoms. The summed E-state index contributed by atoms with van der Waals surface area (Å²) in [7, 11) is 0. The zero-order chi connectivity index (χ0) is 32.6. The van der Waals surface area contributed by atoms with E-state index in [4.69, 9.17) is 10.1 Å². The Morgan fingerprint density at radius 3 is 2.56 bits per heavy atom. The van der Waals surface area contributed by atoms with Crippen LogP contribution in [0.15, 0.2) is 85.1 Å². The lowest BCUT2D eigenvalue weighted by Crippen LogP contribution is -2.50. The summed E-state index contributed by atoms with van der Waals surface area (Å²) in [5.41, 5.74) is 5.22. The topological polar surface area (TPSA) is 102 Å². The summed E-state index contributed by atoms with van der Waals surface area (Å²) in [6.45, 7) is 5.24. The first-order valence-electron chi connectivity index (χ1n) is 16.5. The van der Waals surface area contributed by atoms with Crippen LogP contribution in [0.2, 0.25) is 0 Å². The van der Waals surface area contributed by atoms with Crippen molar-refractivity contribution in [2.24, 2.45) is 0 Å². The second-order valence-corrected chi connectivity index (χ2v) is 12.5. The number of aromatic nitrogens is 4. The number of pyridine rings is 1. The lowest BCUT2D eigenvalue weighted by molar-refractivity contribution is -0.120. The fraction of sp³-hybridized carbons (Fsp3) is 0.306. The number of anilines is 3. The highest BCUT2D eigenvalue weighted by Crippen LogP contribution is 2.36. The van der Waals surface area contributed by atoms with Crippen LogP contribution >= 0.6 is 0 Å². The number of carbonyl (C=O) groups is 2. The van der Waals surface area contributed by atoms with Gasteiger partial charge in [-0.15, -0.1) is 5.10 Å². The van der Waals surface area contributed by atoms with E-state index in [1.54, 1.807) is 17.0 Å². The Balaban J connectivity index is 0.972. The van der Waals surface area contributed by atoms with Gasteiger partial charge < -0.3 is 9.80 Å². The van der Waals surface area contributed by atoms with Crippen molar-refractivity contribution in [1.82, 2.24) is 29.8 Å². The van der Waals surface area contributed by atoms with Gasteiger partial charge in [0.15, 0.2) is 5.65 Å². The molecule has 3 fully saturated rings. The van der Waals surface area contributed by atoms with Crippen LogP contribution in [0.25, 0.3) is 17.0 Å². The summed E-state index contributed by atoms with van der Waals surface area (Å²) >= 11 is 0. The molecule has 48 heavy (non-hydrogen) atoms. The van der Waals surface area contributed by atoms with Gasteiger partial charge >= 0.3 is 6.03 Å². The summed E-state index contributed by atoms with van der Waals surface area (Å²) in [6.07, 6.45) is 4.08. The first kappa shape index (κ1) is 30.0. The van der Waals surface area contributed by atoms with Crippen LogP contribution in [0.3, 0.4) is 0 Å². The van der Waals surface area contributed by atoms with Crippen LogP contribution in [-0.2, 0) is 11.3 Å². The van der Waals surface area contributed by atoms with E-state index >= 15 is 0 Å². The summed E-state index contributed by atoms with van der Waals surface area (Å²) in [5, 5.41) is 7.44. The molecule has 0 radical (unpaired) electrons.